The number of carbonyl (C=O) groups excluding carboxylic acids is 1. The summed E-state index contributed by atoms with van der Waals surface area (Å²) in [6, 6.07) is 1.54. The van der Waals surface area contributed by atoms with Crippen LogP contribution in [0, 0.1) is 0 Å². The molecule has 1 saturated heterocycles. The number of ether oxygens (including phenoxy) is 1. The molecule has 1 aliphatic heterocycles. The third-order valence-electron chi connectivity index (χ3n) is 3.11. The van der Waals surface area contributed by atoms with Crippen LogP contribution in [0.25, 0.3) is 0 Å². The van der Waals surface area contributed by atoms with Gasteiger partial charge in [-0.2, -0.15) is 0 Å². The van der Waals surface area contributed by atoms with Gasteiger partial charge in [0.15, 0.2) is 0 Å². The lowest BCUT2D eigenvalue weighted by Gasteiger charge is -2.35. The molecule has 0 aromatic carbocycles. The fourth-order valence-electron chi connectivity index (χ4n) is 2.14. The first-order valence-electron chi connectivity index (χ1n) is 6.86. The first kappa shape index (κ1) is 15.9. The van der Waals surface area contributed by atoms with Crippen molar-refractivity contribution in [3.05, 3.63) is 33.2 Å². The summed E-state index contributed by atoms with van der Waals surface area (Å²) >= 11 is 5.84. The third-order valence-corrected chi connectivity index (χ3v) is 3.39. The molecular formula is C14H20ClN3O3. The minimum atomic E-state index is -0.515. The standard InChI is InChI=1S/C14H20ClN3O3/c1-14(2,3)21-13(20)18-5-4-16-11(8-18)9-6-10(15)12(19)17-7-9/h6-7,11,16H,4-5,8H2,1-3H3,(H,17,19). The first-order chi connectivity index (χ1) is 9.76. The summed E-state index contributed by atoms with van der Waals surface area (Å²) in [7, 11) is 0. The summed E-state index contributed by atoms with van der Waals surface area (Å²) in [4.78, 5) is 27.6. The first-order valence-corrected chi connectivity index (χ1v) is 7.23. The van der Waals surface area contributed by atoms with Crippen LogP contribution in [0.3, 0.4) is 0 Å². The van der Waals surface area contributed by atoms with Crippen molar-refractivity contribution in [2.24, 2.45) is 0 Å². The zero-order valence-corrected chi connectivity index (χ0v) is 13.2. The number of hydrogen-bond donors (Lipinski definition) is 2. The van der Waals surface area contributed by atoms with E-state index in [2.05, 4.69) is 10.3 Å². The number of H-pyrrole nitrogens is 1. The Kier molecular flexibility index (Phi) is 4.58. The van der Waals surface area contributed by atoms with E-state index in [4.69, 9.17) is 16.3 Å². The van der Waals surface area contributed by atoms with Gasteiger partial charge in [-0.15, -0.1) is 0 Å². The largest absolute Gasteiger partial charge is 0.444 e. The van der Waals surface area contributed by atoms with Crippen LogP contribution in [0.1, 0.15) is 32.4 Å². The molecule has 21 heavy (non-hydrogen) atoms. The number of piperazine rings is 1. The van der Waals surface area contributed by atoms with E-state index in [-0.39, 0.29) is 22.7 Å². The van der Waals surface area contributed by atoms with Gasteiger partial charge in [-0.25, -0.2) is 4.79 Å². The van der Waals surface area contributed by atoms with Crippen LogP contribution in [-0.2, 0) is 4.74 Å². The summed E-state index contributed by atoms with van der Waals surface area (Å²) in [6.07, 6.45) is 1.29. The van der Waals surface area contributed by atoms with Gasteiger partial charge in [-0.05, 0) is 32.4 Å². The van der Waals surface area contributed by atoms with Crippen molar-refractivity contribution in [1.29, 1.82) is 0 Å². The number of carbonyl (C=O) groups is 1. The van der Waals surface area contributed by atoms with Crippen LogP contribution in [0.2, 0.25) is 5.02 Å². The van der Waals surface area contributed by atoms with Crippen molar-refractivity contribution in [2.45, 2.75) is 32.4 Å². The number of hydrogen-bond acceptors (Lipinski definition) is 4. The second-order valence-electron chi connectivity index (χ2n) is 6.04. The number of nitrogens with zero attached hydrogens (tertiary/aromatic N) is 1. The van der Waals surface area contributed by atoms with Crippen LogP contribution in [-0.4, -0.2) is 41.2 Å². The van der Waals surface area contributed by atoms with E-state index >= 15 is 0 Å². The normalized spacial score (nSPS) is 19.4. The van der Waals surface area contributed by atoms with Gasteiger partial charge in [0.25, 0.3) is 5.56 Å². The Hall–Kier alpha value is -1.53. The van der Waals surface area contributed by atoms with Crippen molar-refractivity contribution in [3.8, 4) is 0 Å². The maximum Gasteiger partial charge on any atom is 0.410 e. The summed E-state index contributed by atoms with van der Waals surface area (Å²) in [5, 5.41) is 3.44. The molecule has 2 rings (SSSR count). The van der Waals surface area contributed by atoms with Gasteiger partial charge in [0.2, 0.25) is 0 Å². The molecule has 0 bridgehead atoms. The third kappa shape index (κ3) is 4.22. The van der Waals surface area contributed by atoms with Crippen molar-refractivity contribution < 1.29 is 9.53 Å². The highest BCUT2D eigenvalue weighted by molar-refractivity contribution is 6.30. The number of amides is 1. The molecule has 1 aromatic rings. The molecule has 7 heteroatoms. The van der Waals surface area contributed by atoms with Crippen molar-refractivity contribution >= 4 is 17.7 Å². The van der Waals surface area contributed by atoms with E-state index < -0.39 is 5.60 Å². The maximum atomic E-state index is 12.1. The lowest BCUT2D eigenvalue weighted by molar-refractivity contribution is 0.0195. The van der Waals surface area contributed by atoms with E-state index in [1.165, 1.54) is 0 Å². The molecule has 0 saturated carbocycles. The Labute approximate surface area is 128 Å². The average molecular weight is 314 g/mol. The lowest BCUT2D eigenvalue weighted by atomic mass is 10.1. The van der Waals surface area contributed by atoms with Crippen LogP contribution < -0.4 is 10.9 Å². The number of pyridine rings is 1. The van der Waals surface area contributed by atoms with Crippen LogP contribution in [0.15, 0.2) is 17.1 Å². The van der Waals surface area contributed by atoms with Crippen molar-refractivity contribution in [3.63, 3.8) is 0 Å². The topological polar surface area (TPSA) is 74.4 Å². The summed E-state index contributed by atoms with van der Waals surface area (Å²) in [6.45, 7) is 7.23. The molecular weight excluding hydrogens is 294 g/mol. The molecule has 2 N–H and O–H groups in total. The number of halogens is 1. The molecule has 0 spiro atoms. The van der Waals surface area contributed by atoms with Crippen LogP contribution >= 0.6 is 11.6 Å². The predicted molar refractivity (Wildman–Crippen MR) is 80.6 cm³/mol. The zero-order chi connectivity index (χ0) is 15.6. The molecule has 6 nitrogen and oxygen atoms in total. The van der Waals surface area contributed by atoms with Crippen molar-refractivity contribution in [1.82, 2.24) is 15.2 Å². The van der Waals surface area contributed by atoms with E-state index in [0.717, 1.165) is 5.56 Å². The number of rotatable bonds is 1. The molecule has 2 heterocycles. The summed E-state index contributed by atoms with van der Waals surface area (Å²) < 4.78 is 5.38. The SMILES string of the molecule is CC(C)(C)OC(=O)N1CCNC(c2c[nH]c(=O)c(Cl)c2)C1. The van der Waals surface area contributed by atoms with Gasteiger partial charge in [-0.3, -0.25) is 4.79 Å². The van der Waals surface area contributed by atoms with Gasteiger partial charge in [0, 0.05) is 25.8 Å². The molecule has 0 aliphatic carbocycles. The van der Waals surface area contributed by atoms with Crippen LogP contribution in [0.5, 0.6) is 0 Å². The second kappa shape index (κ2) is 6.07. The maximum absolute atomic E-state index is 12.1. The quantitative estimate of drug-likeness (QED) is 0.830. The highest BCUT2D eigenvalue weighted by Crippen LogP contribution is 2.19. The number of aromatic nitrogens is 1. The van der Waals surface area contributed by atoms with Crippen LogP contribution in [0.4, 0.5) is 4.79 Å². The average Bonchev–Trinajstić information content (AvgIpc) is 2.40. The minimum absolute atomic E-state index is 0.0828. The summed E-state index contributed by atoms with van der Waals surface area (Å²) in [5.41, 5.74) is 0.00624. The summed E-state index contributed by atoms with van der Waals surface area (Å²) in [5.74, 6) is 0. The molecule has 1 fully saturated rings. The fourth-order valence-corrected chi connectivity index (χ4v) is 2.32. The van der Waals surface area contributed by atoms with Gasteiger partial charge in [-0.1, -0.05) is 11.6 Å². The molecule has 1 aliphatic rings. The Balaban J connectivity index is 2.08. The highest BCUT2D eigenvalue weighted by atomic mass is 35.5. The molecule has 1 atom stereocenters. The second-order valence-corrected chi connectivity index (χ2v) is 6.45. The van der Waals surface area contributed by atoms with Gasteiger partial charge < -0.3 is 19.9 Å². The van der Waals surface area contributed by atoms with E-state index in [0.29, 0.717) is 19.6 Å². The molecule has 1 aromatic heterocycles. The Bertz CT molecular complexity index is 580. The monoisotopic (exact) mass is 313 g/mol. The zero-order valence-electron chi connectivity index (χ0n) is 12.4. The number of aromatic amines is 1. The Morgan fingerprint density at radius 1 is 1.48 bits per heavy atom. The molecule has 0 radical (unpaired) electrons. The fraction of sp³-hybridized carbons (Fsp3) is 0.571. The smallest absolute Gasteiger partial charge is 0.410 e. The Morgan fingerprint density at radius 2 is 2.19 bits per heavy atom. The number of nitrogens with one attached hydrogen (secondary N) is 2. The van der Waals surface area contributed by atoms with Gasteiger partial charge in [0.1, 0.15) is 10.6 Å². The predicted octanol–water partition coefficient (Wildman–Crippen LogP) is 1.91. The lowest BCUT2D eigenvalue weighted by Crippen LogP contribution is -2.49. The van der Waals surface area contributed by atoms with E-state index in [9.17, 15) is 9.59 Å². The van der Waals surface area contributed by atoms with Gasteiger partial charge in [0.05, 0.1) is 6.04 Å². The highest BCUT2D eigenvalue weighted by Gasteiger charge is 2.28. The molecule has 1 amide bonds. The minimum Gasteiger partial charge on any atom is -0.444 e. The molecule has 116 valence electrons. The van der Waals surface area contributed by atoms with E-state index in [1.807, 2.05) is 20.8 Å². The Morgan fingerprint density at radius 3 is 2.81 bits per heavy atom. The van der Waals surface area contributed by atoms with Gasteiger partial charge >= 0.3 is 6.09 Å². The van der Waals surface area contributed by atoms with Crippen molar-refractivity contribution in [2.75, 3.05) is 19.6 Å². The van der Waals surface area contributed by atoms with E-state index in [1.54, 1.807) is 17.2 Å². The molecule has 1 unspecified atom stereocenters.